The van der Waals surface area contributed by atoms with Gasteiger partial charge in [-0.25, -0.2) is 0 Å². The third-order valence-corrected chi connectivity index (χ3v) is 4.05. The molecule has 7 heteroatoms. The van der Waals surface area contributed by atoms with Crippen LogP contribution in [0.4, 0.5) is 13.2 Å². The Hall–Kier alpha value is -0.300. The van der Waals surface area contributed by atoms with Crippen molar-refractivity contribution in [1.29, 1.82) is 0 Å². The molecule has 104 valence electrons. The first-order valence-corrected chi connectivity index (χ1v) is 6.39. The van der Waals surface area contributed by atoms with Gasteiger partial charge in [0.05, 0.1) is 0 Å². The summed E-state index contributed by atoms with van der Waals surface area (Å²) in [6, 6.07) is 3.13. The molecule has 1 aromatic rings. The van der Waals surface area contributed by atoms with Gasteiger partial charge in [-0.1, -0.05) is 0 Å². The zero-order chi connectivity index (χ0) is 12.5. The Morgan fingerprint density at radius 1 is 1.44 bits per heavy atom. The molecule has 1 aliphatic rings. The lowest BCUT2D eigenvalue weighted by molar-refractivity contribution is -0.134. The Kier molecular flexibility index (Phi) is 5.46. The van der Waals surface area contributed by atoms with Crippen LogP contribution in [0.5, 0.6) is 0 Å². The topological polar surface area (TPSA) is 15.3 Å². The zero-order valence-corrected chi connectivity index (χ0v) is 11.6. The molecule has 18 heavy (non-hydrogen) atoms. The average Bonchev–Trinajstić information content (AvgIpc) is 2.69. The molecular formula is C11H16ClF3N2S. The van der Waals surface area contributed by atoms with Crippen LogP contribution in [0.3, 0.4) is 0 Å². The lowest BCUT2D eigenvalue weighted by atomic mass is 10.2. The molecule has 0 bridgehead atoms. The highest BCUT2D eigenvalue weighted by Gasteiger charge is 2.32. The fraction of sp³-hybridized carbons (Fsp3) is 0.636. The van der Waals surface area contributed by atoms with Gasteiger partial charge in [0.2, 0.25) is 0 Å². The highest BCUT2D eigenvalue weighted by molar-refractivity contribution is 7.12. The van der Waals surface area contributed by atoms with Crippen LogP contribution >= 0.6 is 23.7 Å². The van der Waals surface area contributed by atoms with Gasteiger partial charge in [-0.3, -0.25) is 4.90 Å². The summed E-state index contributed by atoms with van der Waals surface area (Å²) in [5.41, 5.74) is 0. The number of halogens is 4. The standard InChI is InChI=1S/C11H15F3N2S.ClH/c1-8-6-15-4-5-16(8)7-9-2-3-10(17-9)11(12,13)14;/h2-3,8,15H,4-7H2,1H3;1H. The molecule has 1 unspecified atom stereocenters. The molecule has 1 atom stereocenters. The highest BCUT2D eigenvalue weighted by Crippen LogP contribution is 2.35. The number of hydrogen-bond acceptors (Lipinski definition) is 3. The van der Waals surface area contributed by atoms with E-state index in [9.17, 15) is 13.2 Å². The maximum Gasteiger partial charge on any atom is 0.425 e. The summed E-state index contributed by atoms with van der Waals surface area (Å²) < 4.78 is 37.3. The van der Waals surface area contributed by atoms with Crippen LogP contribution in [0.15, 0.2) is 12.1 Å². The van der Waals surface area contributed by atoms with E-state index in [1.807, 2.05) is 0 Å². The average molecular weight is 301 g/mol. The lowest BCUT2D eigenvalue weighted by Crippen LogP contribution is -2.49. The van der Waals surface area contributed by atoms with Crippen molar-refractivity contribution < 1.29 is 13.2 Å². The summed E-state index contributed by atoms with van der Waals surface area (Å²) in [5, 5.41) is 3.26. The van der Waals surface area contributed by atoms with E-state index in [1.54, 1.807) is 6.07 Å². The SMILES string of the molecule is CC1CNCCN1Cc1ccc(C(F)(F)F)s1.Cl. The fourth-order valence-corrected chi connectivity index (χ4v) is 2.83. The van der Waals surface area contributed by atoms with E-state index in [-0.39, 0.29) is 12.4 Å². The van der Waals surface area contributed by atoms with Crippen LogP contribution in [0.25, 0.3) is 0 Å². The van der Waals surface area contributed by atoms with Crippen molar-refractivity contribution in [2.75, 3.05) is 19.6 Å². The molecule has 0 amide bonds. The third-order valence-electron chi connectivity index (χ3n) is 2.94. The zero-order valence-electron chi connectivity index (χ0n) is 9.96. The Labute approximate surface area is 115 Å². The molecule has 2 nitrogen and oxygen atoms in total. The van der Waals surface area contributed by atoms with Gasteiger partial charge in [0.15, 0.2) is 0 Å². The Bertz CT molecular complexity index is 381. The second-order valence-electron chi connectivity index (χ2n) is 4.29. The maximum atomic E-state index is 12.4. The Morgan fingerprint density at radius 2 is 2.17 bits per heavy atom. The molecule has 2 rings (SSSR count). The summed E-state index contributed by atoms with van der Waals surface area (Å²) in [4.78, 5) is 2.49. The van der Waals surface area contributed by atoms with Gasteiger partial charge in [-0.05, 0) is 19.1 Å². The van der Waals surface area contributed by atoms with Crippen LogP contribution in [0.2, 0.25) is 0 Å². The van der Waals surface area contributed by atoms with Crippen molar-refractivity contribution in [2.45, 2.75) is 25.7 Å². The van der Waals surface area contributed by atoms with Gasteiger partial charge < -0.3 is 5.32 Å². The number of nitrogens with zero attached hydrogens (tertiary/aromatic N) is 1. The van der Waals surface area contributed by atoms with E-state index < -0.39 is 11.1 Å². The lowest BCUT2D eigenvalue weighted by Gasteiger charge is -2.33. The molecule has 0 saturated carbocycles. The van der Waals surface area contributed by atoms with Gasteiger partial charge in [-0.2, -0.15) is 13.2 Å². The first kappa shape index (κ1) is 15.8. The second kappa shape index (κ2) is 6.23. The minimum atomic E-state index is -4.21. The number of piperazine rings is 1. The van der Waals surface area contributed by atoms with Gasteiger partial charge in [0, 0.05) is 37.1 Å². The highest BCUT2D eigenvalue weighted by atomic mass is 35.5. The van der Waals surface area contributed by atoms with E-state index in [4.69, 9.17) is 0 Å². The molecule has 1 aliphatic heterocycles. The van der Waals surface area contributed by atoms with Crippen molar-refractivity contribution in [3.05, 3.63) is 21.9 Å². The molecule has 1 N–H and O–H groups in total. The van der Waals surface area contributed by atoms with Crippen LogP contribution in [0.1, 0.15) is 16.7 Å². The van der Waals surface area contributed by atoms with Crippen molar-refractivity contribution in [2.24, 2.45) is 0 Å². The third kappa shape index (κ3) is 3.85. The number of hydrogen-bond donors (Lipinski definition) is 1. The van der Waals surface area contributed by atoms with Crippen LogP contribution in [0, 0.1) is 0 Å². The number of nitrogens with one attached hydrogen (secondary N) is 1. The van der Waals surface area contributed by atoms with E-state index >= 15 is 0 Å². The minimum Gasteiger partial charge on any atom is -0.314 e. The van der Waals surface area contributed by atoms with E-state index in [0.29, 0.717) is 12.6 Å². The van der Waals surface area contributed by atoms with Gasteiger partial charge in [0.1, 0.15) is 4.88 Å². The molecule has 1 aromatic heterocycles. The molecule has 0 spiro atoms. The van der Waals surface area contributed by atoms with E-state index in [2.05, 4.69) is 17.1 Å². The van der Waals surface area contributed by atoms with Gasteiger partial charge in [-0.15, -0.1) is 23.7 Å². The maximum absolute atomic E-state index is 12.4. The molecule has 2 heterocycles. The summed E-state index contributed by atoms with van der Waals surface area (Å²) in [5.74, 6) is 0. The number of thiophene rings is 1. The van der Waals surface area contributed by atoms with Gasteiger partial charge in [0.25, 0.3) is 0 Å². The number of rotatable bonds is 2. The predicted molar refractivity (Wildman–Crippen MR) is 69.3 cm³/mol. The number of alkyl halides is 3. The first-order chi connectivity index (χ1) is 7.97. The molecule has 1 fully saturated rings. The van der Waals surface area contributed by atoms with Crippen molar-refractivity contribution in [3.8, 4) is 0 Å². The smallest absolute Gasteiger partial charge is 0.314 e. The summed E-state index contributed by atoms with van der Waals surface area (Å²) in [6.07, 6.45) is -4.21. The summed E-state index contributed by atoms with van der Waals surface area (Å²) in [6.45, 7) is 5.40. The quantitative estimate of drug-likeness (QED) is 0.903. The van der Waals surface area contributed by atoms with Gasteiger partial charge >= 0.3 is 6.18 Å². The van der Waals surface area contributed by atoms with E-state index in [0.717, 1.165) is 35.8 Å². The van der Waals surface area contributed by atoms with E-state index in [1.165, 1.54) is 6.07 Å². The molecule has 0 aliphatic carbocycles. The molecule has 0 aromatic carbocycles. The predicted octanol–water partition coefficient (Wildman–Crippen LogP) is 2.98. The Morgan fingerprint density at radius 3 is 2.72 bits per heavy atom. The molecule has 1 saturated heterocycles. The molecular weight excluding hydrogens is 285 g/mol. The minimum absolute atomic E-state index is 0. The second-order valence-corrected chi connectivity index (χ2v) is 5.46. The van der Waals surface area contributed by atoms with Crippen LogP contribution in [-0.2, 0) is 12.7 Å². The Balaban J connectivity index is 0.00000162. The largest absolute Gasteiger partial charge is 0.425 e. The summed E-state index contributed by atoms with van der Waals surface area (Å²) in [7, 11) is 0. The first-order valence-electron chi connectivity index (χ1n) is 5.57. The van der Waals surface area contributed by atoms with Crippen LogP contribution < -0.4 is 5.32 Å². The monoisotopic (exact) mass is 300 g/mol. The fourth-order valence-electron chi connectivity index (χ4n) is 1.93. The van der Waals surface area contributed by atoms with Crippen molar-refractivity contribution in [1.82, 2.24) is 10.2 Å². The summed E-state index contributed by atoms with van der Waals surface area (Å²) >= 11 is 0.848. The normalized spacial score (nSPS) is 21.7. The van der Waals surface area contributed by atoms with Crippen molar-refractivity contribution >= 4 is 23.7 Å². The van der Waals surface area contributed by atoms with Crippen molar-refractivity contribution in [3.63, 3.8) is 0 Å². The molecule has 0 radical (unpaired) electrons. The van der Waals surface area contributed by atoms with Crippen LogP contribution in [-0.4, -0.2) is 30.6 Å².